The van der Waals surface area contributed by atoms with Gasteiger partial charge in [-0.2, -0.15) is 10.1 Å². The number of benzene rings is 2. The summed E-state index contributed by atoms with van der Waals surface area (Å²) < 4.78 is 12.6. The lowest BCUT2D eigenvalue weighted by atomic mass is 10.0. The van der Waals surface area contributed by atoms with Gasteiger partial charge in [0.15, 0.2) is 6.61 Å². The monoisotopic (exact) mass is 407 g/mol. The molecule has 4 rings (SSSR count). The first-order valence-corrected chi connectivity index (χ1v) is 9.57. The average molecular weight is 407 g/mol. The maximum absolute atomic E-state index is 12.1. The van der Waals surface area contributed by atoms with Crippen LogP contribution in [0.2, 0.25) is 0 Å². The van der Waals surface area contributed by atoms with E-state index in [-0.39, 0.29) is 30.9 Å². The smallest absolute Gasteiger partial charge is 0.262 e. The fourth-order valence-corrected chi connectivity index (χ4v) is 3.20. The maximum Gasteiger partial charge on any atom is 0.262 e. The second-order valence-electron chi connectivity index (χ2n) is 6.66. The second kappa shape index (κ2) is 8.64. The number of ether oxygens (including phenoxy) is 2. The summed E-state index contributed by atoms with van der Waals surface area (Å²) in [5, 5.41) is 9.65. The summed E-state index contributed by atoms with van der Waals surface area (Å²) in [5.74, 6) is 1.37. The van der Waals surface area contributed by atoms with Crippen LogP contribution in [-0.4, -0.2) is 39.8 Å². The number of carbonyl (C=O) groups excluding carboxylic acids is 2. The number of anilines is 2. The number of fused-ring (bicyclic) bond motifs is 1. The molecule has 0 bridgehead atoms. The van der Waals surface area contributed by atoms with Crippen LogP contribution in [0.1, 0.15) is 24.9 Å². The van der Waals surface area contributed by atoms with Gasteiger partial charge in [0, 0.05) is 5.69 Å². The summed E-state index contributed by atoms with van der Waals surface area (Å²) in [4.78, 5) is 28.1. The van der Waals surface area contributed by atoms with Crippen LogP contribution in [0.3, 0.4) is 0 Å². The summed E-state index contributed by atoms with van der Waals surface area (Å²) in [7, 11) is 0. The van der Waals surface area contributed by atoms with E-state index >= 15 is 0 Å². The molecule has 0 spiro atoms. The minimum Gasteiger partial charge on any atom is -0.494 e. The second-order valence-corrected chi connectivity index (χ2v) is 6.66. The third-order valence-electron chi connectivity index (χ3n) is 4.58. The van der Waals surface area contributed by atoms with Crippen LogP contribution in [0.5, 0.6) is 11.5 Å². The van der Waals surface area contributed by atoms with Gasteiger partial charge in [-0.3, -0.25) is 14.9 Å². The number of carbonyl (C=O) groups is 2. The van der Waals surface area contributed by atoms with E-state index in [0.717, 1.165) is 11.3 Å². The lowest BCUT2D eigenvalue weighted by molar-refractivity contribution is -0.118. The van der Waals surface area contributed by atoms with Gasteiger partial charge in [-0.1, -0.05) is 12.1 Å². The molecule has 0 fully saturated rings. The number of aromatic nitrogens is 3. The number of hydrogen-bond donors (Lipinski definition) is 2. The Bertz CT molecular complexity index is 1030. The minimum atomic E-state index is -0.264. The van der Waals surface area contributed by atoms with Crippen molar-refractivity contribution in [3.05, 3.63) is 60.4 Å². The van der Waals surface area contributed by atoms with Gasteiger partial charge >= 0.3 is 0 Å². The zero-order valence-electron chi connectivity index (χ0n) is 16.4. The topological polar surface area (TPSA) is 107 Å². The van der Waals surface area contributed by atoms with Gasteiger partial charge in [-0.25, -0.2) is 4.68 Å². The Morgan fingerprint density at radius 3 is 2.57 bits per heavy atom. The van der Waals surface area contributed by atoms with Gasteiger partial charge in [0.1, 0.15) is 17.8 Å². The molecular formula is C21H21N5O4. The molecule has 30 heavy (non-hydrogen) atoms. The summed E-state index contributed by atoms with van der Waals surface area (Å²) in [5.41, 5.74) is 1.57. The van der Waals surface area contributed by atoms with Crippen LogP contribution in [-0.2, 0) is 9.59 Å². The van der Waals surface area contributed by atoms with Crippen molar-refractivity contribution in [1.29, 1.82) is 0 Å². The lowest BCUT2D eigenvalue weighted by Crippen LogP contribution is -2.29. The molecular weight excluding hydrogens is 386 g/mol. The van der Waals surface area contributed by atoms with E-state index in [1.54, 1.807) is 41.1 Å². The molecule has 1 atom stereocenters. The number of amides is 2. The van der Waals surface area contributed by atoms with E-state index in [2.05, 4.69) is 20.7 Å². The lowest BCUT2D eigenvalue weighted by Gasteiger charge is -2.23. The molecule has 3 aromatic rings. The fraction of sp³-hybridized carbons (Fsp3) is 0.238. The van der Waals surface area contributed by atoms with Crippen molar-refractivity contribution in [2.75, 3.05) is 23.8 Å². The van der Waals surface area contributed by atoms with Crippen LogP contribution in [0.15, 0.2) is 54.9 Å². The Balaban J connectivity index is 1.33. The van der Waals surface area contributed by atoms with Gasteiger partial charge in [0.2, 0.25) is 11.9 Å². The van der Waals surface area contributed by atoms with E-state index in [1.807, 2.05) is 19.1 Å². The molecule has 1 aromatic heterocycles. The Kier molecular flexibility index (Phi) is 5.60. The SMILES string of the molecule is CCOc1ccc(NC(=O)COc2ccc([C@H]3CC(=O)Nc4ncnn43)cc2)cc1. The molecule has 0 aliphatic carbocycles. The first kappa shape index (κ1) is 19.4. The first-order valence-electron chi connectivity index (χ1n) is 9.57. The predicted molar refractivity (Wildman–Crippen MR) is 110 cm³/mol. The quantitative estimate of drug-likeness (QED) is 0.623. The van der Waals surface area contributed by atoms with Crippen LogP contribution in [0.25, 0.3) is 0 Å². The molecule has 2 aromatic carbocycles. The van der Waals surface area contributed by atoms with Crippen molar-refractivity contribution in [3.63, 3.8) is 0 Å². The average Bonchev–Trinajstić information content (AvgIpc) is 3.22. The molecule has 0 radical (unpaired) electrons. The van der Waals surface area contributed by atoms with Crippen LogP contribution in [0, 0.1) is 0 Å². The molecule has 2 heterocycles. The van der Waals surface area contributed by atoms with Crippen molar-refractivity contribution >= 4 is 23.5 Å². The van der Waals surface area contributed by atoms with Crippen molar-refractivity contribution < 1.29 is 19.1 Å². The van der Waals surface area contributed by atoms with Crippen molar-refractivity contribution in [2.45, 2.75) is 19.4 Å². The number of nitrogens with zero attached hydrogens (tertiary/aromatic N) is 3. The highest BCUT2D eigenvalue weighted by Crippen LogP contribution is 2.29. The Morgan fingerprint density at radius 2 is 1.83 bits per heavy atom. The maximum atomic E-state index is 12.1. The summed E-state index contributed by atoms with van der Waals surface area (Å²) in [6, 6.07) is 14.2. The molecule has 154 valence electrons. The molecule has 9 heteroatoms. The number of hydrogen-bond acceptors (Lipinski definition) is 6. The highest BCUT2D eigenvalue weighted by atomic mass is 16.5. The zero-order chi connectivity index (χ0) is 20.9. The first-order chi connectivity index (χ1) is 14.6. The minimum absolute atomic E-state index is 0.105. The van der Waals surface area contributed by atoms with Crippen LogP contribution < -0.4 is 20.1 Å². The van der Waals surface area contributed by atoms with E-state index in [9.17, 15) is 9.59 Å². The zero-order valence-corrected chi connectivity index (χ0v) is 16.4. The number of nitrogens with one attached hydrogen (secondary N) is 2. The Hall–Kier alpha value is -3.88. The van der Waals surface area contributed by atoms with E-state index in [4.69, 9.17) is 9.47 Å². The highest BCUT2D eigenvalue weighted by molar-refractivity contribution is 5.92. The van der Waals surface area contributed by atoms with E-state index in [1.165, 1.54) is 6.33 Å². The van der Waals surface area contributed by atoms with Crippen LogP contribution >= 0.6 is 0 Å². The molecule has 9 nitrogen and oxygen atoms in total. The Labute approximate surface area is 173 Å². The fourth-order valence-electron chi connectivity index (χ4n) is 3.20. The van der Waals surface area contributed by atoms with E-state index < -0.39 is 0 Å². The molecule has 2 N–H and O–H groups in total. The van der Waals surface area contributed by atoms with Gasteiger partial charge in [0.05, 0.1) is 19.1 Å². The van der Waals surface area contributed by atoms with Crippen molar-refractivity contribution in [2.24, 2.45) is 0 Å². The molecule has 0 saturated heterocycles. The standard InChI is InChI=1S/C21H21N5O4/c1-2-29-16-9-5-15(6-10-16)24-20(28)12-30-17-7-3-14(4-8-17)18-11-19(27)25-21-22-13-23-26(18)21/h3-10,13,18H,2,11-12H2,1H3,(H,24,28)(H,22,23,25,27)/t18-/m1/s1. The van der Waals surface area contributed by atoms with Crippen molar-refractivity contribution in [1.82, 2.24) is 14.8 Å². The van der Waals surface area contributed by atoms with E-state index in [0.29, 0.717) is 24.0 Å². The van der Waals surface area contributed by atoms with Crippen LogP contribution in [0.4, 0.5) is 11.6 Å². The molecule has 0 unspecified atom stereocenters. The van der Waals surface area contributed by atoms with Gasteiger partial charge in [-0.15, -0.1) is 0 Å². The normalized spacial score (nSPS) is 15.1. The largest absolute Gasteiger partial charge is 0.494 e. The van der Waals surface area contributed by atoms with Gasteiger partial charge in [0.25, 0.3) is 5.91 Å². The summed E-state index contributed by atoms with van der Waals surface area (Å²) >= 11 is 0. The summed E-state index contributed by atoms with van der Waals surface area (Å²) in [6.45, 7) is 2.38. The Morgan fingerprint density at radius 1 is 1.13 bits per heavy atom. The molecule has 1 aliphatic rings. The third kappa shape index (κ3) is 4.40. The molecule has 0 saturated carbocycles. The third-order valence-corrected chi connectivity index (χ3v) is 4.58. The highest BCUT2D eigenvalue weighted by Gasteiger charge is 2.27. The number of rotatable bonds is 7. The predicted octanol–water partition coefficient (Wildman–Crippen LogP) is 2.63. The summed E-state index contributed by atoms with van der Waals surface area (Å²) in [6.07, 6.45) is 1.69. The molecule has 1 aliphatic heterocycles. The van der Waals surface area contributed by atoms with Crippen molar-refractivity contribution in [3.8, 4) is 11.5 Å². The van der Waals surface area contributed by atoms with Gasteiger partial charge < -0.3 is 14.8 Å². The van der Waals surface area contributed by atoms with Gasteiger partial charge in [-0.05, 0) is 48.9 Å². The molecule has 2 amide bonds.